The summed E-state index contributed by atoms with van der Waals surface area (Å²) in [6, 6.07) is 8.68. The summed E-state index contributed by atoms with van der Waals surface area (Å²) in [5.74, 6) is 1.05. The van der Waals surface area contributed by atoms with Gasteiger partial charge < -0.3 is 19.9 Å². The SMILES string of the molecule is COc1ccc(OC[C@H](O)CNC(=O)c2sccc2Cl)cc1. The summed E-state index contributed by atoms with van der Waals surface area (Å²) in [7, 11) is 1.59. The second-order valence-corrected chi connectivity index (χ2v) is 5.77. The molecule has 1 atom stereocenters. The van der Waals surface area contributed by atoms with Crippen LogP contribution in [0.5, 0.6) is 11.5 Å². The Bertz CT molecular complexity index is 614. The van der Waals surface area contributed by atoms with Crippen molar-refractivity contribution in [3.63, 3.8) is 0 Å². The van der Waals surface area contributed by atoms with Crippen LogP contribution in [0.1, 0.15) is 9.67 Å². The van der Waals surface area contributed by atoms with Gasteiger partial charge >= 0.3 is 0 Å². The molecule has 0 aliphatic rings. The molecule has 1 aromatic carbocycles. The molecule has 1 heterocycles. The second kappa shape index (κ2) is 8.03. The molecule has 2 aromatic rings. The smallest absolute Gasteiger partial charge is 0.262 e. The van der Waals surface area contributed by atoms with E-state index in [4.69, 9.17) is 21.1 Å². The zero-order chi connectivity index (χ0) is 15.9. The number of benzene rings is 1. The van der Waals surface area contributed by atoms with Crippen LogP contribution in [0.25, 0.3) is 0 Å². The molecular formula is C15H16ClNO4S. The summed E-state index contributed by atoms with van der Waals surface area (Å²) >= 11 is 7.12. The highest BCUT2D eigenvalue weighted by molar-refractivity contribution is 7.12. The van der Waals surface area contributed by atoms with Crippen LogP contribution >= 0.6 is 22.9 Å². The van der Waals surface area contributed by atoms with Crippen molar-refractivity contribution in [1.29, 1.82) is 0 Å². The van der Waals surface area contributed by atoms with Crippen LogP contribution in [0, 0.1) is 0 Å². The lowest BCUT2D eigenvalue weighted by Crippen LogP contribution is -2.35. The van der Waals surface area contributed by atoms with Gasteiger partial charge in [-0.3, -0.25) is 4.79 Å². The van der Waals surface area contributed by atoms with Crippen molar-refractivity contribution >= 4 is 28.8 Å². The number of carbonyl (C=O) groups excluding carboxylic acids is 1. The molecule has 0 bridgehead atoms. The van der Waals surface area contributed by atoms with Crippen molar-refractivity contribution in [3.8, 4) is 11.5 Å². The van der Waals surface area contributed by atoms with Gasteiger partial charge in [-0.2, -0.15) is 0 Å². The predicted molar refractivity (Wildman–Crippen MR) is 86.2 cm³/mol. The van der Waals surface area contributed by atoms with Crippen molar-refractivity contribution < 1.29 is 19.4 Å². The fourth-order valence-corrected chi connectivity index (χ4v) is 2.73. The van der Waals surface area contributed by atoms with Gasteiger partial charge in [0, 0.05) is 6.54 Å². The first-order valence-electron chi connectivity index (χ1n) is 6.56. The van der Waals surface area contributed by atoms with E-state index in [1.807, 2.05) is 0 Å². The van der Waals surface area contributed by atoms with Crippen LogP contribution in [-0.2, 0) is 0 Å². The van der Waals surface area contributed by atoms with Crippen LogP contribution in [0.3, 0.4) is 0 Å². The van der Waals surface area contributed by atoms with Gasteiger partial charge in [0.2, 0.25) is 0 Å². The van der Waals surface area contributed by atoms with Crippen molar-refractivity contribution in [2.75, 3.05) is 20.3 Å². The number of ether oxygens (including phenoxy) is 2. The summed E-state index contributed by atoms with van der Waals surface area (Å²) in [5, 5.41) is 14.6. The van der Waals surface area contributed by atoms with Crippen LogP contribution in [0.15, 0.2) is 35.7 Å². The van der Waals surface area contributed by atoms with Crippen molar-refractivity contribution in [1.82, 2.24) is 5.32 Å². The maximum atomic E-state index is 11.8. The average molecular weight is 342 g/mol. The molecule has 2 N–H and O–H groups in total. The van der Waals surface area contributed by atoms with Gasteiger partial charge in [0.15, 0.2) is 0 Å². The maximum absolute atomic E-state index is 11.8. The summed E-state index contributed by atoms with van der Waals surface area (Å²) < 4.78 is 10.5. The zero-order valence-electron chi connectivity index (χ0n) is 11.9. The Kier molecular flexibility index (Phi) is 6.06. The summed E-state index contributed by atoms with van der Waals surface area (Å²) in [6.45, 7) is 0.161. The number of rotatable bonds is 7. The summed E-state index contributed by atoms with van der Waals surface area (Å²) in [4.78, 5) is 12.3. The maximum Gasteiger partial charge on any atom is 0.262 e. The monoisotopic (exact) mass is 341 g/mol. The van der Waals surface area contributed by atoms with E-state index in [1.165, 1.54) is 11.3 Å². The Hall–Kier alpha value is -1.76. The Morgan fingerprint density at radius 2 is 2.00 bits per heavy atom. The Balaban J connectivity index is 1.74. The Labute approximate surface area is 137 Å². The number of methoxy groups -OCH3 is 1. The summed E-state index contributed by atoms with van der Waals surface area (Å²) in [6.07, 6.45) is -0.815. The molecule has 0 fully saturated rings. The summed E-state index contributed by atoms with van der Waals surface area (Å²) in [5.41, 5.74) is 0. The van der Waals surface area contributed by atoms with E-state index in [1.54, 1.807) is 42.8 Å². The lowest BCUT2D eigenvalue weighted by atomic mass is 10.3. The van der Waals surface area contributed by atoms with Crippen LogP contribution in [0.4, 0.5) is 0 Å². The molecule has 0 spiro atoms. The molecule has 22 heavy (non-hydrogen) atoms. The zero-order valence-corrected chi connectivity index (χ0v) is 13.5. The van der Waals surface area contributed by atoms with E-state index in [0.717, 1.165) is 5.75 Å². The molecular weight excluding hydrogens is 326 g/mol. The highest BCUT2D eigenvalue weighted by Gasteiger charge is 2.13. The first-order valence-corrected chi connectivity index (χ1v) is 7.82. The van der Waals surface area contributed by atoms with E-state index in [0.29, 0.717) is 15.6 Å². The lowest BCUT2D eigenvalue weighted by molar-refractivity contribution is 0.0847. The highest BCUT2D eigenvalue weighted by atomic mass is 35.5. The van der Waals surface area contributed by atoms with Gasteiger partial charge in [0.25, 0.3) is 5.91 Å². The van der Waals surface area contributed by atoms with Gasteiger partial charge in [0.05, 0.1) is 12.1 Å². The van der Waals surface area contributed by atoms with Crippen LogP contribution in [0.2, 0.25) is 5.02 Å². The number of thiophene rings is 1. The largest absolute Gasteiger partial charge is 0.497 e. The number of halogens is 1. The van der Waals surface area contributed by atoms with Gasteiger partial charge in [-0.25, -0.2) is 0 Å². The average Bonchev–Trinajstić information content (AvgIpc) is 2.97. The van der Waals surface area contributed by atoms with Crippen molar-refractivity contribution in [3.05, 3.63) is 45.6 Å². The van der Waals surface area contributed by atoms with Gasteiger partial charge in [-0.1, -0.05) is 11.6 Å². The normalized spacial score (nSPS) is 11.8. The number of carbonyl (C=O) groups is 1. The van der Waals surface area contributed by atoms with Crippen LogP contribution < -0.4 is 14.8 Å². The van der Waals surface area contributed by atoms with E-state index in [9.17, 15) is 9.90 Å². The van der Waals surface area contributed by atoms with E-state index in [-0.39, 0.29) is 19.1 Å². The van der Waals surface area contributed by atoms with Gasteiger partial charge in [-0.15, -0.1) is 11.3 Å². The minimum absolute atomic E-state index is 0.0742. The molecule has 1 aromatic heterocycles. The molecule has 2 rings (SSSR count). The molecule has 118 valence electrons. The second-order valence-electron chi connectivity index (χ2n) is 4.45. The minimum Gasteiger partial charge on any atom is -0.497 e. The van der Waals surface area contributed by atoms with Gasteiger partial charge in [0.1, 0.15) is 29.1 Å². The fraction of sp³-hybridized carbons (Fsp3) is 0.267. The highest BCUT2D eigenvalue weighted by Crippen LogP contribution is 2.21. The quantitative estimate of drug-likeness (QED) is 0.812. The van der Waals surface area contributed by atoms with Crippen LogP contribution in [-0.4, -0.2) is 37.4 Å². The number of aliphatic hydroxyl groups excluding tert-OH is 1. The molecule has 1 amide bonds. The standard InChI is InChI=1S/C15H16ClNO4S/c1-20-11-2-4-12(5-3-11)21-9-10(18)8-17-15(19)14-13(16)6-7-22-14/h2-7,10,18H,8-9H2,1H3,(H,17,19)/t10-/m1/s1. The predicted octanol–water partition coefficient (Wildman–Crippen LogP) is 2.58. The Morgan fingerprint density at radius 1 is 1.32 bits per heavy atom. The first-order chi connectivity index (χ1) is 10.6. The Morgan fingerprint density at radius 3 is 2.59 bits per heavy atom. The topological polar surface area (TPSA) is 67.8 Å². The molecule has 7 heteroatoms. The van der Waals surface area contributed by atoms with E-state index in [2.05, 4.69) is 5.32 Å². The lowest BCUT2D eigenvalue weighted by Gasteiger charge is -2.13. The number of hydrogen-bond donors (Lipinski definition) is 2. The van der Waals surface area contributed by atoms with Crippen molar-refractivity contribution in [2.45, 2.75) is 6.10 Å². The number of amides is 1. The van der Waals surface area contributed by atoms with Crippen molar-refractivity contribution in [2.24, 2.45) is 0 Å². The first kappa shape index (κ1) is 16.6. The third-order valence-corrected chi connectivity index (χ3v) is 4.16. The number of aliphatic hydroxyl groups is 1. The third-order valence-electron chi connectivity index (χ3n) is 2.82. The van der Waals surface area contributed by atoms with E-state index < -0.39 is 6.10 Å². The van der Waals surface area contributed by atoms with E-state index >= 15 is 0 Å². The minimum atomic E-state index is -0.815. The third kappa shape index (κ3) is 4.62. The molecule has 0 radical (unpaired) electrons. The molecule has 5 nitrogen and oxygen atoms in total. The fourth-order valence-electron chi connectivity index (χ4n) is 1.67. The number of hydrogen-bond acceptors (Lipinski definition) is 5. The molecule has 0 aliphatic carbocycles. The molecule has 0 unspecified atom stereocenters. The molecule has 0 saturated carbocycles. The number of nitrogens with one attached hydrogen (secondary N) is 1. The molecule has 0 saturated heterocycles. The molecule has 0 aliphatic heterocycles. The van der Waals surface area contributed by atoms with Gasteiger partial charge in [-0.05, 0) is 35.7 Å².